The maximum atomic E-state index is 13.1. The molecule has 0 spiro atoms. The molecule has 4 rings (SSSR count). The van der Waals surface area contributed by atoms with Crippen LogP contribution >= 0.6 is 0 Å². The third-order valence-electron chi connectivity index (χ3n) is 4.56. The fraction of sp³-hybridized carbons (Fsp3) is 0.316. The lowest BCUT2D eigenvalue weighted by molar-refractivity contribution is 0.0735. The molecule has 1 atom stereocenters. The van der Waals surface area contributed by atoms with Crippen molar-refractivity contribution in [1.82, 2.24) is 4.90 Å². The minimum atomic E-state index is -0.337. The highest BCUT2D eigenvalue weighted by Crippen LogP contribution is 2.38. The van der Waals surface area contributed by atoms with Gasteiger partial charge in [0.15, 0.2) is 11.5 Å². The zero-order chi connectivity index (χ0) is 16.5. The summed E-state index contributed by atoms with van der Waals surface area (Å²) in [6.07, 6.45) is 1.86. The Morgan fingerprint density at radius 3 is 2.58 bits per heavy atom. The first kappa shape index (κ1) is 15.0. The number of amides is 1. The molecule has 0 aromatic heterocycles. The molecule has 2 aromatic carbocycles. The molecule has 1 saturated heterocycles. The van der Waals surface area contributed by atoms with Crippen LogP contribution in [0.5, 0.6) is 11.5 Å². The van der Waals surface area contributed by atoms with Crippen LogP contribution in [-0.4, -0.2) is 30.6 Å². The van der Waals surface area contributed by atoms with E-state index in [0.717, 1.165) is 29.9 Å². The number of likely N-dealkylation sites (tertiary alicyclic amines) is 1. The van der Waals surface area contributed by atoms with Crippen LogP contribution in [0, 0.1) is 5.82 Å². The van der Waals surface area contributed by atoms with Crippen molar-refractivity contribution < 1.29 is 18.7 Å². The van der Waals surface area contributed by atoms with E-state index in [1.807, 2.05) is 23.1 Å². The van der Waals surface area contributed by atoms with Crippen LogP contribution in [0.2, 0.25) is 0 Å². The molecule has 1 fully saturated rings. The molecule has 0 saturated carbocycles. The number of nitrogens with zero attached hydrogens (tertiary/aromatic N) is 1. The van der Waals surface area contributed by atoms with Crippen molar-refractivity contribution in [2.75, 3.05) is 19.8 Å². The summed E-state index contributed by atoms with van der Waals surface area (Å²) < 4.78 is 24.3. The van der Waals surface area contributed by atoms with Gasteiger partial charge in [-0.2, -0.15) is 0 Å². The first-order chi connectivity index (χ1) is 11.7. The lowest BCUT2D eigenvalue weighted by atomic mass is 10.0. The Morgan fingerprint density at radius 2 is 1.79 bits per heavy atom. The van der Waals surface area contributed by atoms with Gasteiger partial charge in [-0.3, -0.25) is 4.79 Å². The van der Waals surface area contributed by atoms with Crippen molar-refractivity contribution in [3.05, 3.63) is 59.4 Å². The van der Waals surface area contributed by atoms with Crippen LogP contribution in [0.15, 0.2) is 42.5 Å². The number of ether oxygens (including phenoxy) is 2. The van der Waals surface area contributed by atoms with E-state index in [1.165, 1.54) is 24.3 Å². The van der Waals surface area contributed by atoms with E-state index in [2.05, 4.69) is 0 Å². The molecule has 0 aliphatic carbocycles. The van der Waals surface area contributed by atoms with Crippen LogP contribution in [0.3, 0.4) is 0 Å². The third-order valence-corrected chi connectivity index (χ3v) is 4.56. The lowest BCUT2D eigenvalue weighted by Gasteiger charge is -2.27. The predicted octanol–water partition coefficient (Wildman–Crippen LogP) is 3.57. The van der Waals surface area contributed by atoms with E-state index in [9.17, 15) is 9.18 Å². The molecule has 1 amide bonds. The van der Waals surface area contributed by atoms with Gasteiger partial charge in [-0.15, -0.1) is 0 Å². The SMILES string of the molecule is O=C(c1ccc(F)cc1)N1CCCC1c1ccc2c(c1)OCCO2. The van der Waals surface area contributed by atoms with Crippen molar-refractivity contribution in [3.63, 3.8) is 0 Å². The summed E-state index contributed by atoms with van der Waals surface area (Å²) in [5.74, 6) is 1.09. The van der Waals surface area contributed by atoms with Crippen molar-refractivity contribution in [2.24, 2.45) is 0 Å². The predicted molar refractivity (Wildman–Crippen MR) is 86.8 cm³/mol. The fourth-order valence-corrected chi connectivity index (χ4v) is 3.38. The molecule has 0 N–H and O–H groups in total. The van der Waals surface area contributed by atoms with Crippen LogP contribution in [-0.2, 0) is 0 Å². The number of carbonyl (C=O) groups is 1. The van der Waals surface area contributed by atoms with E-state index in [4.69, 9.17) is 9.47 Å². The Morgan fingerprint density at radius 1 is 1.04 bits per heavy atom. The summed E-state index contributed by atoms with van der Waals surface area (Å²) in [5.41, 5.74) is 1.56. The Balaban J connectivity index is 1.60. The summed E-state index contributed by atoms with van der Waals surface area (Å²) in [4.78, 5) is 14.6. The molecule has 24 heavy (non-hydrogen) atoms. The Kier molecular flexibility index (Phi) is 3.84. The minimum Gasteiger partial charge on any atom is -0.486 e. The maximum absolute atomic E-state index is 13.1. The monoisotopic (exact) mass is 327 g/mol. The van der Waals surface area contributed by atoms with E-state index >= 15 is 0 Å². The second kappa shape index (κ2) is 6.15. The lowest BCUT2D eigenvalue weighted by Crippen LogP contribution is -2.30. The topological polar surface area (TPSA) is 38.8 Å². The minimum absolute atomic E-state index is 0.0124. The molecule has 5 heteroatoms. The van der Waals surface area contributed by atoms with Crippen LogP contribution in [0.25, 0.3) is 0 Å². The van der Waals surface area contributed by atoms with Gasteiger partial charge in [-0.25, -0.2) is 4.39 Å². The summed E-state index contributed by atoms with van der Waals surface area (Å²) >= 11 is 0. The van der Waals surface area contributed by atoms with Crippen molar-refractivity contribution in [3.8, 4) is 11.5 Å². The normalized spacial score (nSPS) is 19.4. The second-order valence-electron chi connectivity index (χ2n) is 6.07. The zero-order valence-electron chi connectivity index (χ0n) is 13.2. The standard InChI is InChI=1S/C19H18FNO3/c20-15-6-3-13(4-7-15)19(22)21-9-1-2-16(21)14-5-8-17-18(12-14)24-11-10-23-17/h3-8,12,16H,1-2,9-11H2. The Labute approximate surface area is 139 Å². The molecule has 0 radical (unpaired) electrons. The molecule has 124 valence electrons. The average molecular weight is 327 g/mol. The second-order valence-corrected chi connectivity index (χ2v) is 6.07. The summed E-state index contributed by atoms with van der Waals surface area (Å²) in [6.45, 7) is 1.81. The average Bonchev–Trinajstić information content (AvgIpc) is 3.11. The fourth-order valence-electron chi connectivity index (χ4n) is 3.38. The van der Waals surface area contributed by atoms with Gasteiger partial charge in [0.05, 0.1) is 6.04 Å². The maximum Gasteiger partial charge on any atom is 0.254 e. The molecular formula is C19H18FNO3. The molecule has 2 aliphatic heterocycles. The number of fused-ring (bicyclic) bond motifs is 1. The van der Waals surface area contributed by atoms with Gasteiger partial charge in [-0.1, -0.05) is 6.07 Å². The van der Waals surface area contributed by atoms with Crippen LogP contribution < -0.4 is 9.47 Å². The quantitative estimate of drug-likeness (QED) is 0.846. The molecule has 4 nitrogen and oxygen atoms in total. The first-order valence-corrected chi connectivity index (χ1v) is 8.18. The smallest absolute Gasteiger partial charge is 0.254 e. The van der Waals surface area contributed by atoms with Gasteiger partial charge in [0.1, 0.15) is 19.0 Å². The summed E-state index contributed by atoms with van der Waals surface area (Å²) in [5, 5.41) is 0. The molecule has 2 aromatic rings. The van der Waals surface area contributed by atoms with Gasteiger partial charge in [0.2, 0.25) is 0 Å². The number of carbonyl (C=O) groups excluding carboxylic acids is 1. The van der Waals surface area contributed by atoms with Crippen molar-refractivity contribution in [1.29, 1.82) is 0 Å². The van der Waals surface area contributed by atoms with Gasteiger partial charge < -0.3 is 14.4 Å². The highest BCUT2D eigenvalue weighted by atomic mass is 19.1. The molecule has 2 aliphatic rings. The van der Waals surface area contributed by atoms with E-state index in [1.54, 1.807) is 0 Å². The van der Waals surface area contributed by atoms with Gasteiger partial charge >= 0.3 is 0 Å². The number of halogens is 1. The zero-order valence-corrected chi connectivity index (χ0v) is 13.2. The number of hydrogen-bond donors (Lipinski definition) is 0. The van der Waals surface area contributed by atoms with E-state index in [-0.39, 0.29) is 17.8 Å². The van der Waals surface area contributed by atoms with Gasteiger partial charge in [0, 0.05) is 12.1 Å². The molecule has 1 unspecified atom stereocenters. The number of benzene rings is 2. The Hall–Kier alpha value is -2.56. The molecular weight excluding hydrogens is 309 g/mol. The van der Waals surface area contributed by atoms with Gasteiger partial charge in [0.25, 0.3) is 5.91 Å². The number of hydrogen-bond acceptors (Lipinski definition) is 3. The highest BCUT2D eigenvalue weighted by molar-refractivity contribution is 5.94. The summed E-state index contributed by atoms with van der Waals surface area (Å²) in [7, 11) is 0. The van der Waals surface area contributed by atoms with E-state index in [0.29, 0.717) is 25.3 Å². The van der Waals surface area contributed by atoms with Crippen molar-refractivity contribution >= 4 is 5.91 Å². The van der Waals surface area contributed by atoms with Crippen LogP contribution in [0.1, 0.15) is 34.8 Å². The van der Waals surface area contributed by atoms with Crippen molar-refractivity contribution in [2.45, 2.75) is 18.9 Å². The largest absolute Gasteiger partial charge is 0.486 e. The number of rotatable bonds is 2. The summed E-state index contributed by atoms with van der Waals surface area (Å²) in [6, 6.07) is 11.6. The first-order valence-electron chi connectivity index (χ1n) is 8.18. The van der Waals surface area contributed by atoms with Gasteiger partial charge in [-0.05, 0) is 54.8 Å². The molecule has 2 heterocycles. The third kappa shape index (κ3) is 2.70. The Bertz CT molecular complexity index is 760. The van der Waals surface area contributed by atoms with E-state index < -0.39 is 0 Å². The van der Waals surface area contributed by atoms with Crippen LogP contribution in [0.4, 0.5) is 4.39 Å². The highest BCUT2D eigenvalue weighted by Gasteiger charge is 2.31. The molecule has 0 bridgehead atoms.